The lowest BCUT2D eigenvalue weighted by atomic mass is 9.89. The van der Waals surface area contributed by atoms with E-state index in [1.165, 1.54) is 11.1 Å². The molecule has 2 aromatic rings. The van der Waals surface area contributed by atoms with Gasteiger partial charge in [-0.1, -0.05) is 60.7 Å². The Morgan fingerprint density at radius 3 is 1.92 bits per heavy atom. The van der Waals surface area contributed by atoms with E-state index in [-0.39, 0.29) is 17.9 Å². The summed E-state index contributed by atoms with van der Waals surface area (Å²) in [6.45, 7) is 1.03. The smallest absolute Gasteiger partial charge is 0.220 e. The second kappa shape index (κ2) is 10.6. The summed E-state index contributed by atoms with van der Waals surface area (Å²) < 4.78 is 0. The molecule has 0 radical (unpaired) electrons. The van der Waals surface area contributed by atoms with Gasteiger partial charge >= 0.3 is 0 Å². The van der Waals surface area contributed by atoms with E-state index in [0.717, 1.165) is 19.3 Å². The Labute approximate surface area is 150 Å². The number of amides is 1. The molecular formula is C21H29N3O. The normalized spacial score (nSPS) is 12.1. The first kappa shape index (κ1) is 19.2. The van der Waals surface area contributed by atoms with Crippen molar-refractivity contribution < 1.29 is 4.79 Å². The molecule has 0 spiro atoms. The molecule has 2 aromatic carbocycles. The molecule has 0 bridgehead atoms. The fourth-order valence-electron chi connectivity index (χ4n) is 3.01. The molecule has 134 valence electrons. The number of carbonyl (C=O) groups excluding carboxylic acids is 1. The molecule has 0 unspecified atom stereocenters. The van der Waals surface area contributed by atoms with Gasteiger partial charge in [0.2, 0.25) is 5.91 Å². The first-order chi connectivity index (χ1) is 12.2. The average molecular weight is 339 g/mol. The van der Waals surface area contributed by atoms with Gasteiger partial charge in [0.1, 0.15) is 0 Å². The maximum atomic E-state index is 12.3. The van der Waals surface area contributed by atoms with Crippen molar-refractivity contribution in [2.24, 2.45) is 17.4 Å². The zero-order chi connectivity index (χ0) is 17.9. The van der Waals surface area contributed by atoms with Gasteiger partial charge in [0.25, 0.3) is 0 Å². The molecule has 25 heavy (non-hydrogen) atoms. The second-order valence-corrected chi connectivity index (χ2v) is 6.59. The van der Waals surface area contributed by atoms with Crippen molar-refractivity contribution in [1.29, 1.82) is 0 Å². The van der Waals surface area contributed by atoms with Gasteiger partial charge in [-0.15, -0.1) is 0 Å². The van der Waals surface area contributed by atoms with Gasteiger partial charge in [0, 0.05) is 19.0 Å². The predicted octanol–water partition coefficient (Wildman–Crippen LogP) is 2.27. The van der Waals surface area contributed by atoms with Crippen molar-refractivity contribution in [2.75, 3.05) is 13.1 Å². The highest BCUT2D eigenvalue weighted by Gasteiger charge is 2.16. The largest absolute Gasteiger partial charge is 0.355 e. The Bertz CT molecular complexity index is 574. The van der Waals surface area contributed by atoms with E-state index in [2.05, 4.69) is 29.6 Å². The van der Waals surface area contributed by atoms with Crippen molar-refractivity contribution >= 4 is 5.91 Å². The molecule has 0 saturated heterocycles. The number of benzene rings is 2. The Hall–Kier alpha value is -2.17. The number of hydrogen-bond donors (Lipinski definition) is 3. The Morgan fingerprint density at radius 2 is 1.44 bits per heavy atom. The molecule has 0 aliphatic rings. The molecule has 5 N–H and O–H groups in total. The van der Waals surface area contributed by atoms with Crippen LogP contribution in [0.1, 0.15) is 24.0 Å². The Balaban J connectivity index is 1.94. The molecule has 4 heteroatoms. The average Bonchev–Trinajstić information content (AvgIpc) is 2.62. The fourth-order valence-corrected chi connectivity index (χ4v) is 3.01. The van der Waals surface area contributed by atoms with E-state index < -0.39 is 0 Å². The van der Waals surface area contributed by atoms with Crippen LogP contribution >= 0.6 is 0 Å². The predicted molar refractivity (Wildman–Crippen MR) is 103 cm³/mol. The molecular weight excluding hydrogens is 310 g/mol. The zero-order valence-electron chi connectivity index (χ0n) is 14.7. The zero-order valence-corrected chi connectivity index (χ0v) is 14.7. The highest BCUT2D eigenvalue weighted by Crippen LogP contribution is 2.18. The number of nitrogens with two attached hydrogens (primary N) is 2. The highest BCUT2D eigenvalue weighted by atomic mass is 16.1. The van der Waals surface area contributed by atoms with Crippen molar-refractivity contribution in [3.8, 4) is 0 Å². The first-order valence-electron chi connectivity index (χ1n) is 8.97. The SMILES string of the molecule is NCC[C@H](N)CNC(=O)CC(Cc1ccccc1)Cc1ccccc1. The van der Waals surface area contributed by atoms with Crippen molar-refractivity contribution in [2.45, 2.75) is 31.7 Å². The monoisotopic (exact) mass is 339 g/mol. The minimum atomic E-state index is -0.0735. The van der Waals surface area contributed by atoms with Gasteiger partial charge < -0.3 is 16.8 Å². The molecule has 0 heterocycles. The lowest BCUT2D eigenvalue weighted by Gasteiger charge is -2.18. The third-order valence-corrected chi connectivity index (χ3v) is 4.31. The van der Waals surface area contributed by atoms with Crippen molar-refractivity contribution in [1.82, 2.24) is 5.32 Å². The lowest BCUT2D eigenvalue weighted by Crippen LogP contribution is -2.39. The molecule has 2 rings (SSSR count). The van der Waals surface area contributed by atoms with Crippen LogP contribution in [0.15, 0.2) is 60.7 Å². The van der Waals surface area contributed by atoms with Crippen LogP contribution in [0, 0.1) is 5.92 Å². The summed E-state index contributed by atoms with van der Waals surface area (Å²) in [5.74, 6) is 0.319. The van der Waals surface area contributed by atoms with E-state index in [1.807, 2.05) is 36.4 Å². The Morgan fingerprint density at radius 1 is 0.920 bits per heavy atom. The minimum absolute atomic E-state index is 0.0596. The summed E-state index contributed by atoms with van der Waals surface area (Å²) in [5.41, 5.74) is 13.9. The number of nitrogens with one attached hydrogen (secondary N) is 1. The van der Waals surface area contributed by atoms with Gasteiger partial charge in [-0.3, -0.25) is 4.79 Å². The molecule has 0 saturated carbocycles. The van der Waals surface area contributed by atoms with E-state index in [1.54, 1.807) is 0 Å². The van der Waals surface area contributed by atoms with Crippen molar-refractivity contribution in [3.05, 3.63) is 71.8 Å². The summed E-state index contributed by atoms with van der Waals surface area (Å²) in [5, 5.41) is 2.95. The van der Waals surface area contributed by atoms with Gasteiger partial charge in [-0.2, -0.15) is 0 Å². The summed E-state index contributed by atoms with van der Waals surface area (Å²) in [6, 6.07) is 20.6. The van der Waals surface area contributed by atoms with E-state index >= 15 is 0 Å². The molecule has 0 fully saturated rings. The van der Waals surface area contributed by atoms with Crippen LogP contribution in [0.4, 0.5) is 0 Å². The van der Waals surface area contributed by atoms with Crippen LogP contribution in [-0.4, -0.2) is 25.0 Å². The lowest BCUT2D eigenvalue weighted by molar-refractivity contribution is -0.122. The third kappa shape index (κ3) is 7.50. The van der Waals surface area contributed by atoms with E-state index in [9.17, 15) is 4.79 Å². The molecule has 0 aliphatic heterocycles. The van der Waals surface area contributed by atoms with Crippen molar-refractivity contribution in [3.63, 3.8) is 0 Å². The van der Waals surface area contributed by atoms with Gasteiger partial charge in [-0.05, 0) is 42.9 Å². The first-order valence-corrected chi connectivity index (χ1v) is 8.97. The molecule has 4 nitrogen and oxygen atoms in total. The van der Waals surface area contributed by atoms with Gasteiger partial charge in [0.15, 0.2) is 0 Å². The van der Waals surface area contributed by atoms with Crippen LogP contribution in [0.25, 0.3) is 0 Å². The van der Waals surface area contributed by atoms with Crippen LogP contribution in [0.2, 0.25) is 0 Å². The fraction of sp³-hybridized carbons (Fsp3) is 0.381. The standard InChI is InChI=1S/C21H29N3O/c22-12-11-20(23)16-24-21(25)15-19(13-17-7-3-1-4-8-17)14-18-9-5-2-6-10-18/h1-10,19-20H,11-16,22-23H2,(H,24,25)/t20-/m0/s1. The summed E-state index contributed by atoms with van der Waals surface area (Å²) in [4.78, 5) is 12.3. The molecule has 0 aliphatic carbocycles. The summed E-state index contributed by atoms with van der Waals surface area (Å²) >= 11 is 0. The van der Waals surface area contributed by atoms with Gasteiger partial charge in [0.05, 0.1) is 0 Å². The number of hydrogen-bond acceptors (Lipinski definition) is 3. The van der Waals surface area contributed by atoms with Crippen LogP contribution in [-0.2, 0) is 17.6 Å². The molecule has 1 atom stereocenters. The van der Waals surface area contributed by atoms with Crippen LogP contribution in [0.3, 0.4) is 0 Å². The Kier molecular flexibility index (Phi) is 8.16. The molecule has 1 amide bonds. The third-order valence-electron chi connectivity index (χ3n) is 4.31. The van der Waals surface area contributed by atoms with Crippen LogP contribution in [0.5, 0.6) is 0 Å². The highest BCUT2D eigenvalue weighted by molar-refractivity contribution is 5.76. The number of carbonyl (C=O) groups is 1. The van der Waals surface area contributed by atoms with E-state index in [4.69, 9.17) is 11.5 Å². The minimum Gasteiger partial charge on any atom is -0.355 e. The number of rotatable bonds is 10. The maximum Gasteiger partial charge on any atom is 0.220 e. The maximum absolute atomic E-state index is 12.3. The summed E-state index contributed by atoms with van der Waals surface area (Å²) in [7, 11) is 0. The summed E-state index contributed by atoms with van der Waals surface area (Å²) in [6.07, 6.45) is 2.99. The molecule has 0 aromatic heterocycles. The van der Waals surface area contributed by atoms with E-state index in [0.29, 0.717) is 19.5 Å². The quantitative estimate of drug-likeness (QED) is 0.621. The topological polar surface area (TPSA) is 81.1 Å². The second-order valence-electron chi connectivity index (χ2n) is 6.59. The van der Waals surface area contributed by atoms with Crippen LogP contribution < -0.4 is 16.8 Å². The van der Waals surface area contributed by atoms with Gasteiger partial charge in [-0.25, -0.2) is 0 Å².